The lowest BCUT2D eigenvalue weighted by Gasteiger charge is -2.38. The van der Waals surface area contributed by atoms with Gasteiger partial charge in [0.15, 0.2) is 0 Å². The van der Waals surface area contributed by atoms with E-state index in [0.717, 1.165) is 73.3 Å². The maximum atomic E-state index is 15.1. The average Bonchev–Trinajstić information content (AvgIpc) is 3.72. The Bertz CT molecular complexity index is 1310. The number of hydrogen-bond donors (Lipinski definition) is 3. The number of fused-ring (bicyclic) bond motifs is 1. The van der Waals surface area contributed by atoms with Crippen LogP contribution in [-0.4, -0.2) is 65.7 Å². The third-order valence-corrected chi connectivity index (χ3v) is 8.13. The molecule has 4 N–H and O–H groups in total. The first kappa shape index (κ1) is 27.6. The van der Waals surface area contributed by atoms with Crippen LogP contribution in [0.15, 0.2) is 43.1 Å². The summed E-state index contributed by atoms with van der Waals surface area (Å²) in [4.78, 5) is 17.3. The van der Waals surface area contributed by atoms with E-state index in [0.29, 0.717) is 23.2 Å². The molecule has 5 rings (SSSR count). The van der Waals surface area contributed by atoms with Crippen molar-refractivity contribution in [1.82, 2.24) is 15.1 Å². The van der Waals surface area contributed by atoms with Gasteiger partial charge in [0.05, 0.1) is 0 Å². The largest absolute Gasteiger partial charge is 0.396 e. The SMILES string of the molecule is C=C1c2ccc(-c3cc(C(=O)NC4CC4)cc(F)c3C)cc2C(CN2CCCC(N)C2)=CN1CC(C)(C)CO. The maximum absolute atomic E-state index is 15.1. The number of nitrogens with one attached hydrogen (secondary N) is 1. The van der Waals surface area contributed by atoms with Crippen molar-refractivity contribution in [3.8, 4) is 11.1 Å². The van der Waals surface area contributed by atoms with Crippen molar-refractivity contribution in [3.05, 3.63) is 71.2 Å². The van der Waals surface area contributed by atoms with Crippen molar-refractivity contribution in [2.45, 2.75) is 58.5 Å². The van der Waals surface area contributed by atoms with Crippen LogP contribution in [0.4, 0.5) is 4.39 Å². The number of halogens is 1. The topological polar surface area (TPSA) is 81.8 Å². The lowest BCUT2D eigenvalue weighted by molar-refractivity contribution is 0.0950. The molecule has 1 atom stereocenters. The molecule has 39 heavy (non-hydrogen) atoms. The molecule has 7 heteroatoms. The molecule has 1 saturated carbocycles. The molecule has 3 aliphatic rings. The average molecular weight is 533 g/mol. The normalized spacial score (nSPS) is 20.1. The number of carbonyl (C=O) groups excluding carboxylic acids is 1. The van der Waals surface area contributed by atoms with Gasteiger partial charge in [-0.25, -0.2) is 4.39 Å². The van der Waals surface area contributed by atoms with Crippen LogP contribution in [0.1, 0.15) is 66.6 Å². The molecule has 2 aromatic rings. The van der Waals surface area contributed by atoms with E-state index < -0.39 is 0 Å². The second-order valence-corrected chi connectivity index (χ2v) is 12.3. The fraction of sp³-hybridized carbons (Fsp3) is 0.469. The van der Waals surface area contributed by atoms with E-state index in [-0.39, 0.29) is 35.8 Å². The summed E-state index contributed by atoms with van der Waals surface area (Å²) in [6.45, 7) is 13.5. The zero-order chi connectivity index (χ0) is 27.9. The summed E-state index contributed by atoms with van der Waals surface area (Å²) >= 11 is 0. The number of likely N-dealkylation sites (tertiary alicyclic amines) is 1. The second kappa shape index (κ2) is 10.9. The molecule has 2 aliphatic heterocycles. The maximum Gasteiger partial charge on any atom is 0.251 e. The van der Waals surface area contributed by atoms with Crippen LogP contribution in [0.3, 0.4) is 0 Å². The molecule has 1 amide bonds. The lowest BCUT2D eigenvalue weighted by atomic mass is 9.87. The summed E-state index contributed by atoms with van der Waals surface area (Å²) in [6, 6.07) is 9.66. The van der Waals surface area contributed by atoms with Gasteiger partial charge in [0, 0.05) is 66.8 Å². The molecular formula is C32H41FN4O2. The number of nitrogens with two attached hydrogens (primary N) is 1. The van der Waals surface area contributed by atoms with Gasteiger partial charge in [0.25, 0.3) is 5.91 Å². The number of amides is 1. The third kappa shape index (κ3) is 6.11. The van der Waals surface area contributed by atoms with Crippen molar-refractivity contribution < 1.29 is 14.3 Å². The first-order chi connectivity index (χ1) is 18.5. The Kier molecular flexibility index (Phi) is 7.68. The number of hydrogen-bond acceptors (Lipinski definition) is 5. The smallest absolute Gasteiger partial charge is 0.251 e. The fourth-order valence-corrected chi connectivity index (χ4v) is 5.58. The van der Waals surface area contributed by atoms with Gasteiger partial charge in [0.1, 0.15) is 5.82 Å². The number of aliphatic hydroxyl groups excluding tert-OH is 1. The van der Waals surface area contributed by atoms with Gasteiger partial charge < -0.3 is 21.1 Å². The van der Waals surface area contributed by atoms with Crippen LogP contribution in [0.5, 0.6) is 0 Å². The summed E-state index contributed by atoms with van der Waals surface area (Å²) < 4.78 is 15.1. The molecular weight excluding hydrogens is 491 g/mol. The van der Waals surface area contributed by atoms with E-state index in [1.807, 2.05) is 19.9 Å². The number of piperidine rings is 1. The van der Waals surface area contributed by atoms with Crippen LogP contribution in [0.2, 0.25) is 0 Å². The van der Waals surface area contributed by atoms with Gasteiger partial charge in [-0.1, -0.05) is 32.6 Å². The molecule has 0 aromatic heterocycles. The van der Waals surface area contributed by atoms with E-state index in [9.17, 15) is 9.90 Å². The third-order valence-electron chi connectivity index (χ3n) is 8.13. The van der Waals surface area contributed by atoms with Crippen molar-refractivity contribution in [1.29, 1.82) is 0 Å². The molecule has 1 saturated heterocycles. The Morgan fingerprint density at radius 2 is 1.95 bits per heavy atom. The minimum absolute atomic E-state index is 0.0717. The number of benzene rings is 2. The van der Waals surface area contributed by atoms with Gasteiger partial charge in [-0.2, -0.15) is 0 Å². The quantitative estimate of drug-likeness (QED) is 0.457. The molecule has 0 spiro atoms. The Morgan fingerprint density at radius 1 is 1.18 bits per heavy atom. The zero-order valence-electron chi connectivity index (χ0n) is 23.4. The van der Waals surface area contributed by atoms with Crippen molar-refractivity contribution in [3.63, 3.8) is 0 Å². The van der Waals surface area contributed by atoms with Crippen LogP contribution < -0.4 is 11.1 Å². The zero-order valence-corrected chi connectivity index (χ0v) is 23.4. The van der Waals surface area contributed by atoms with Crippen LogP contribution in [0.25, 0.3) is 22.4 Å². The summed E-state index contributed by atoms with van der Waals surface area (Å²) in [5.41, 5.74) is 12.5. The Balaban J connectivity index is 1.54. The van der Waals surface area contributed by atoms with Crippen LogP contribution >= 0.6 is 0 Å². The van der Waals surface area contributed by atoms with E-state index in [1.54, 1.807) is 13.0 Å². The van der Waals surface area contributed by atoms with Crippen LogP contribution in [0, 0.1) is 18.2 Å². The molecule has 0 bridgehead atoms. The first-order valence-corrected chi connectivity index (χ1v) is 14.1. The van der Waals surface area contributed by atoms with E-state index in [4.69, 9.17) is 5.73 Å². The van der Waals surface area contributed by atoms with Crippen molar-refractivity contribution in [2.24, 2.45) is 11.1 Å². The molecule has 2 heterocycles. The molecule has 2 fully saturated rings. The molecule has 2 aromatic carbocycles. The second-order valence-electron chi connectivity index (χ2n) is 12.3. The van der Waals surface area contributed by atoms with E-state index in [2.05, 4.69) is 40.0 Å². The minimum Gasteiger partial charge on any atom is -0.396 e. The number of aliphatic hydroxyl groups is 1. The number of carbonyl (C=O) groups is 1. The highest BCUT2D eigenvalue weighted by Crippen LogP contribution is 2.39. The van der Waals surface area contributed by atoms with Gasteiger partial charge in [0.2, 0.25) is 0 Å². The van der Waals surface area contributed by atoms with Gasteiger partial charge in [-0.05, 0) is 85.2 Å². The van der Waals surface area contributed by atoms with Gasteiger partial charge in [-0.15, -0.1) is 0 Å². The minimum atomic E-state index is -0.383. The Hall–Kier alpha value is -3.00. The van der Waals surface area contributed by atoms with E-state index >= 15 is 4.39 Å². The first-order valence-electron chi connectivity index (χ1n) is 14.1. The van der Waals surface area contributed by atoms with Crippen LogP contribution in [-0.2, 0) is 0 Å². The summed E-state index contributed by atoms with van der Waals surface area (Å²) in [6.07, 6.45) is 6.22. The van der Waals surface area contributed by atoms with E-state index in [1.165, 1.54) is 6.07 Å². The number of nitrogens with zero attached hydrogens (tertiary/aromatic N) is 2. The Morgan fingerprint density at radius 3 is 2.64 bits per heavy atom. The highest BCUT2D eigenvalue weighted by molar-refractivity contribution is 5.96. The summed E-state index contributed by atoms with van der Waals surface area (Å²) in [7, 11) is 0. The molecule has 0 radical (unpaired) electrons. The highest BCUT2D eigenvalue weighted by Gasteiger charge is 2.29. The molecule has 208 valence electrons. The predicted octanol–water partition coefficient (Wildman–Crippen LogP) is 4.76. The monoisotopic (exact) mass is 532 g/mol. The van der Waals surface area contributed by atoms with Crippen molar-refractivity contribution >= 4 is 17.2 Å². The number of rotatable bonds is 8. The highest BCUT2D eigenvalue weighted by atomic mass is 19.1. The van der Waals surface area contributed by atoms with Gasteiger partial charge in [-0.3, -0.25) is 9.69 Å². The molecule has 1 aliphatic carbocycles. The predicted molar refractivity (Wildman–Crippen MR) is 155 cm³/mol. The lowest BCUT2D eigenvalue weighted by Crippen LogP contribution is -2.43. The Labute approximate surface area is 231 Å². The fourth-order valence-electron chi connectivity index (χ4n) is 5.58. The van der Waals surface area contributed by atoms with Crippen molar-refractivity contribution in [2.75, 3.05) is 32.8 Å². The molecule has 1 unspecified atom stereocenters. The summed E-state index contributed by atoms with van der Waals surface area (Å²) in [5, 5.41) is 12.9. The standard InChI is InChI=1S/C32H41FN4O2/c1-20-28(13-23(14-30(20)33)31(39)35-26-8-9-26)22-7-10-27-21(2)37(18-32(3,4)19-38)16-24(29(27)12-22)15-36-11-5-6-25(34)17-36/h7,10,12-14,16,25-26,38H,2,5-6,8-9,11,15,17-19,34H2,1,3-4H3,(H,35,39). The molecule has 6 nitrogen and oxygen atoms in total. The van der Waals surface area contributed by atoms with Gasteiger partial charge >= 0.3 is 0 Å². The summed E-state index contributed by atoms with van der Waals surface area (Å²) in [5.74, 6) is -0.612.